The minimum atomic E-state index is -0.0457. The van der Waals surface area contributed by atoms with Crippen molar-refractivity contribution in [2.45, 2.75) is 6.42 Å². The molecule has 18 heavy (non-hydrogen) atoms. The Kier molecular flexibility index (Phi) is 4.04. The van der Waals surface area contributed by atoms with Gasteiger partial charge in [0.25, 0.3) is 5.91 Å². The van der Waals surface area contributed by atoms with E-state index in [1.54, 1.807) is 37.3 Å². The molecule has 1 aromatic rings. The zero-order chi connectivity index (χ0) is 13.0. The van der Waals surface area contributed by atoms with E-state index in [9.17, 15) is 4.79 Å². The summed E-state index contributed by atoms with van der Waals surface area (Å²) in [5.41, 5.74) is 0.582. The molecule has 0 aromatic heterocycles. The van der Waals surface area contributed by atoms with Crippen molar-refractivity contribution >= 4 is 5.91 Å². The van der Waals surface area contributed by atoms with Crippen molar-refractivity contribution in [3.05, 3.63) is 23.8 Å². The number of amides is 1. The Balaban J connectivity index is 2.19. The van der Waals surface area contributed by atoms with Crippen LogP contribution in [0.5, 0.6) is 11.5 Å². The quantitative estimate of drug-likeness (QED) is 0.817. The number of methoxy groups -OCH3 is 2. The van der Waals surface area contributed by atoms with E-state index in [-0.39, 0.29) is 5.91 Å². The maximum absolute atomic E-state index is 12.2. The van der Waals surface area contributed by atoms with E-state index in [4.69, 9.17) is 14.2 Å². The number of carbonyl (C=O) groups excluding carboxylic acids is 1. The van der Waals surface area contributed by atoms with Crippen LogP contribution in [0.4, 0.5) is 0 Å². The molecular formula is C13H17NO4. The van der Waals surface area contributed by atoms with Crippen LogP contribution in [0.2, 0.25) is 0 Å². The second-order valence-corrected chi connectivity index (χ2v) is 4.03. The van der Waals surface area contributed by atoms with E-state index in [2.05, 4.69) is 0 Å². The summed E-state index contributed by atoms with van der Waals surface area (Å²) >= 11 is 0. The number of hydrogen-bond donors (Lipinski definition) is 0. The molecule has 1 fully saturated rings. The van der Waals surface area contributed by atoms with E-state index >= 15 is 0 Å². The summed E-state index contributed by atoms with van der Waals surface area (Å²) in [5.74, 6) is 1.13. The largest absolute Gasteiger partial charge is 0.493 e. The number of benzene rings is 1. The summed E-state index contributed by atoms with van der Waals surface area (Å²) in [6.45, 7) is 1.80. The molecule has 5 heteroatoms. The van der Waals surface area contributed by atoms with E-state index in [0.29, 0.717) is 23.8 Å². The first kappa shape index (κ1) is 12.7. The molecule has 0 atom stereocenters. The van der Waals surface area contributed by atoms with Crippen molar-refractivity contribution in [1.29, 1.82) is 0 Å². The van der Waals surface area contributed by atoms with Crippen molar-refractivity contribution in [2.24, 2.45) is 0 Å². The first-order valence-corrected chi connectivity index (χ1v) is 5.85. The third-order valence-electron chi connectivity index (χ3n) is 2.88. The summed E-state index contributed by atoms with van der Waals surface area (Å²) in [6.07, 6.45) is 0.874. The third-order valence-corrected chi connectivity index (χ3v) is 2.88. The molecule has 0 radical (unpaired) electrons. The fourth-order valence-corrected chi connectivity index (χ4v) is 1.91. The van der Waals surface area contributed by atoms with Gasteiger partial charge in [-0.05, 0) is 24.6 Å². The van der Waals surface area contributed by atoms with Crippen LogP contribution in [0.15, 0.2) is 18.2 Å². The minimum absolute atomic E-state index is 0.0457. The molecule has 0 N–H and O–H groups in total. The Morgan fingerprint density at radius 2 is 2.06 bits per heavy atom. The molecule has 0 spiro atoms. The maximum atomic E-state index is 12.2. The van der Waals surface area contributed by atoms with Gasteiger partial charge in [-0.1, -0.05) is 0 Å². The van der Waals surface area contributed by atoms with Gasteiger partial charge in [-0.15, -0.1) is 0 Å². The van der Waals surface area contributed by atoms with Crippen molar-refractivity contribution in [1.82, 2.24) is 4.90 Å². The summed E-state index contributed by atoms with van der Waals surface area (Å²) in [5, 5.41) is 0. The highest BCUT2D eigenvalue weighted by molar-refractivity contribution is 5.94. The summed E-state index contributed by atoms with van der Waals surface area (Å²) in [4.78, 5) is 13.9. The zero-order valence-electron chi connectivity index (χ0n) is 10.6. The number of hydrogen-bond acceptors (Lipinski definition) is 4. The first-order chi connectivity index (χ1) is 8.76. The maximum Gasteiger partial charge on any atom is 0.255 e. The van der Waals surface area contributed by atoms with Crippen LogP contribution in [0.1, 0.15) is 16.8 Å². The summed E-state index contributed by atoms with van der Waals surface area (Å²) < 4.78 is 15.6. The molecule has 98 valence electrons. The lowest BCUT2D eigenvalue weighted by Gasteiger charge is -2.26. The molecule has 2 rings (SSSR count). The van der Waals surface area contributed by atoms with E-state index in [0.717, 1.165) is 19.6 Å². The number of ether oxygens (including phenoxy) is 3. The number of carbonyl (C=O) groups is 1. The second-order valence-electron chi connectivity index (χ2n) is 4.03. The molecule has 0 bridgehead atoms. The lowest BCUT2D eigenvalue weighted by atomic mass is 10.1. The smallest absolute Gasteiger partial charge is 0.255 e. The molecule has 0 aliphatic carbocycles. The predicted octanol–water partition coefficient (Wildman–Crippen LogP) is 1.52. The van der Waals surface area contributed by atoms with E-state index < -0.39 is 0 Å². The molecule has 1 saturated heterocycles. The van der Waals surface area contributed by atoms with Crippen molar-refractivity contribution < 1.29 is 19.0 Å². The molecule has 1 amide bonds. The van der Waals surface area contributed by atoms with Gasteiger partial charge < -0.3 is 19.1 Å². The van der Waals surface area contributed by atoms with Crippen LogP contribution in [0, 0.1) is 0 Å². The zero-order valence-corrected chi connectivity index (χ0v) is 10.6. The van der Waals surface area contributed by atoms with Gasteiger partial charge in [0.15, 0.2) is 11.5 Å². The minimum Gasteiger partial charge on any atom is -0.493 e. The average molecular weight is 251 g/mol. The molecule has 1 aliphatic heterocycles. The first-order valence-electron chi connectivity index (χ1n) is 5.85. The average Bonchev–Trinajstić information content (AvgIpc) is 2.46. The van der Waals surface area contributed by atoms with Crippen LogP contribution in [-0.4, -0.2) is 44.9 Å². The predicted molar refractivity (Wildman–Crippen MR) is 66.0 cm³/mol. The molecule has 0 unspecified atom stereocenters. The van der Waals surface area contributed by atoms with Crippen molar-refractivity contribution in [3.63, 3.8) is 0 Å². The lowest BCUT2D eigenvalue weighted by Crippen LogP contribution is -2.38. The standard InChI is InChI=1S/C13H17NO4/c1-16-11-5-4-10(8-12(11)17-2)13(15)14-6-3-7-18-9-14/h4-5,8H,3,6-7,9H2,1-2H3. The highest BCUT2D eigenvalue weighted by atomic mass is 16.5. The highest BCUT2D eigenvalue weighted by Gasteiger charge is 2.19. The van der Waals surface area contributed by atoms with Crippen molar-refractivity contribution in [3.8, 4) is 11.5 Å². The monoisotopic (exact) mass is 251 g/mol. The lowest BCUT2D eigenvalue weighted by molar-refractivity contribution is -0.00572. The number of rotatable bonds is 3. The number of nitrogens with zero attached hydrogens (tertiary/aromatic N) is 1. The highest BCUT2D eigenvalue weighted by Crippen LogP contribution is 2.28. The van der Waals surface area contributed by atoms with Crippen molar-refractivity contribution in [2.75, 3.05) is 34.1 Å². The molecular weight excluding hydrogens is 234 g/mol. The Hall–Kier alpha value is -1.75. The van der Waals surface area contributed by atoms with Crippen LogP contribution >= 0.6 is 0 Å². The van der Waals surface area contributed by atoms with Gasteiger partial charge in [0.1, 0.15) is 6.73 Å². The fourth-order valence-electron chi connectivity index (χ4n) is 1.91. The molecule has 5 nitrogen and oxygen atoms in total. The Labute approximate surface area is 106 Å². The molecule has 1 aliphatic rings. The Morgan fingerprint density at radius 3 is 2.67 bits per heavy atom. The van der Waals surface area contributed by atoms with Gasteiger partial charge in [0, 0.05) is 12.1 Å². The fraction of sp³-hybridized carbons (Fsp3) is 0.462. The molecule has 0 saturated carbocycles. The van der Waals surface area contributed by atoms with Crippen LogP contribution in [0.3, 0.4) is 0 Å². The molecule has 1 heterocycles. The summed E-state index contributed by atoms with van der Waals surface area (Å²) in [7, 11) is 3.12. The van der Waals surface area contributed by atoms with E-state index in [1.807, 2.05) is 0 Å². The molecule has 1 aromatic carbocycles. The van der Waals surface area contributed by atoms with Crippen LogP contribution in [0.25, 0.3) is 0 Å². The third kappa shape index (κ3) is 2.56. The van der Waals surface area contributed by atoms with Crippen LogP contribution in [-0.2, 0) is 4.74 Å². The van der Waals surface area contributed by atoms with Gasteiger partial charge >= 0.3 is 0 Å². The van der Waals surface area contributed by atoms with Gasteiger partial charge in [0.2, 0.25) is 0 Å². The Bertz CT molecular complexity index is 427. The van der Waals surface area contributed by atoms with Gasteiger partial charge in [-0.25, -0.2) is 0 Å². The second kappa shape index (κ2) is 5.73. The SMILES string of the molecule is COc1ccc(C(=O)N2CCCOC2)cc1OC. The van der Waals surface area contributed by atoms with Gasteiger partial charge in [-0.2, -0.15) is 0 Å². The Morgan fingerprint density at radius 1 is 1.28 bits per heavy atom. The normalized spacial score (nSPS) is 15.3. The van der Waals surface area contributed by atoms with Crippen LogP contribution < -0.4 is 9.47 Å². The van der Waals surface area contributed by atoms with Gasteiger partial charge in [0.05, 0.1) is 20.8 Å². The summed E-state index contributed by atoms with van der Waals surface area (Å²) in [6, 6.07) is 5.16. The van der Waals surface area contributed by atoms with E-state index in [1.165, 1.54) is 0 Å². The van der Waals surface area contributed by atoms with Gasteiger partial charge in [-0.3, -0.25) is 4.79 Å². The topological polar surface area (TPSA) is 48.0 Å².